The highest BCUT2D eigenvalue weighted by atomic mass is 32.1. The maximum Gasteiger partial charge on any atom is 0.347 e. The highest BCUT2D eigenvalue weighted by Gasteiger charge is 2.33. The molecule has 3 unspecified atom stereocenters. The molecule has 0 aromatic carbocycles. The second-order valence-corrected chi connectivity index (χ2v) is 7.22. The van der Waals surface area contributed by atoms with E-state index in [2.05, 4.69) is 42.7 Å². The standard InChI is InChI=1S/C15H25N3O2S/c1-6-9(2)12-13(14(19)20)21-15(16-12)18-7-10(3)11(8-18)17(4)5/h9-11H,6-8H2,1-5H3,(H,19,20). The number of aromatic carboxylic acids is 1. The Bertz CT molecular complexity index is 515. The second-order valence-electron chi connectivity index (χ2n) is 6.24. The molecule has 2 rings (SSSR count). The van der Waals surface area contributed by atoms with E-state index in [1.807, 2.05) is 6.92 Å². The van der Waals surface area contributed by atoms with Crippen molar-refractivity contribution in [1.82, 2.24) is 9.88 Å². The maximum absolute atomic E-state index is 11.5. The fourth-order valence-corrected chi connectivity index (χ4v) is 3.96. The van der Waals surface area contributed by atoms with Crippen LogP contribution in [0, 0.1) is 5.92 Å². The van der Waals surface area contributed by atoms with E-state index in [9.17, 15) is 9.90 Å². The zero-order valence-corrected chi connectivity index (χ0v) is 14.3. The third-order valence-corrected chi connectivity index (χ3v) is 5.54. The number of aromatic nitrogens is 1. The molecule has 2 heterocycles. The predicted octanol–water partition coefficient (Wildman–Crippen LogP) is 2.74. The lowest BCUT2D eigenvalue weighted by molar-refractivity contribution is 0.0700. The van der Waals surface area contributed by atoms with Gasteiger partial charge in [0.2, 0.25) is 0 Å². The Morgan fingerprint density at radius 1 is 1.52 bits per heavy atom. The van der Waals surface area contributed by atoms with Crippen LogP contribution in [0.15, 0.2) is 0 Å². The molecular weight excluding hydrogens is 286 g/mol. The van der Waals surface area contributed by atoms with Crippen molar-refractivity contribution in [3.63, 3.8) is 0 Å². The van der Waals surface area contributed by atoms with Crippen molar-refractivity contribution in [1.29, 1.82) is 0 Å². The lowest BCUT2D eigenvalue weighted by atomic mass is 10.0. The predicted molar refractivity (Wildman–Crippen MR) is 86.6 cm³/mol. The first-order valence-electron chi connectivity index (χ1n) is 7.50. The number of hydrogen-bond acceptors (Lipinski definition) is 5. The summed E-state index contributed by atoms with van der Waals surface area (Å²) in [6.07, 6.45) is 0.903. The molecule has 6 heteroatoms. The highest BCUT2D eigenvalue weighted by Crippen LogP contribution is 2.35. The van der Waals surface area contributed by atoms with Gasteiger partial charge in [0.05, 0.1) is 5.69 Å². The monoisotopic (exact) mass is 311 g/mol. The number of rotatable bonds is 5. The summed E-state index contributed by atoms with van der Waals surface area (Å²) in [7, 11) is 4.19. The van der Waals surface area contributed by atoms with Crippen LogP contribution in [0.4, 0.5) is 5.13 Å². The quantitative estimate of drug-likeness (QED) is 0.906. The largest absolute Gasteiger partial charge is 0.477 e. The Balaban J connectivity index is 2.27. The number of nitrogens with zero attached hydrogens (tertiary/aromatic N) is 3. The minimum atomic E-state index is -0.856. The molecule has 0 saturated carbocycles. The molecule has 1 fully saturated rings. The average molecular weight is 311 g/mol. The third-order valence-electron chi connectivity index (χ3n) is 4.42. The van der Waals surface area contributed by atoms with Crippen LogP contribution in [0.3, 0.4) is 0 Å². The van der Waals surface area contributed by atoms with Gasteiger partial charge >= 0.3 is 5.97 Å². The van der Waals surface area contributed by atoms with E-state index in [4.69, 9.17) is 0 Å². The summed E-state index contributed by atoms with van der Waals surface area (Å²) in [4.78, 5) is 21.0. The molecule has 1 aromatic heterocycles. The van der Waals surface area contributed by atoms with Crippen molar-refractivity contribution >= 4 is 22.4 Å². The summed E-state index contributed by atoms with van der Waals surface area (Å²) in [5, 5.41) is 10.3. The molecular formula is C15H25N3O2S. The molecule has 21 heavy (non-hydrogen) atoms. The lowest BCUT2D eigenvalue weighted by Gasteiger charge is -2.22. The third kappa shape index (κ3) is 3.21. The van der Waals surface area contributed by atoms with E-state index in [1.54, 1.807) is 0 Å². The van der Waals surface area contributed by atoms with Gasteiger partial charge in [-0.25, -0.2) is 9.78 Å². The lowest BCUT2D eigenvalue weighted by Crippen LogP contribution is -2.34. The van der Waals surface area contributed by atoms with Gasteiger partial charge in [-0.1, -0.05) is 32.1 Å². The fourth-order valence-electron chi connectivity index (χ4n) is 2.91. The van der Waals surface area contributed by atoms with Crippen molar-refractivity contribution < 1.29 is 9.90 Å². The summed E-state index contributed by atoms with van der Waals surface area (Å²) in [5.41, 5.74) is 0.742. The number of carbonyl (C=O) groups is 1. The van der Waals surface area contributed by atoms with Gasteiger partial charge in [0.15, 0.2) is 5.13 Å². The number of thiazole rings is 1. The van der Waals surface area contributed by atoms with Gasteiger partial charge in [-0.05, 0) is 32.4 Å². The van der Waals surface area contributed by atoms with Crippen LogP contribution in [0.1, 0.15) is 48.5 Å². The fraction of sp³-hybridized carbons (Fsp3) is 0.733. The van der Waals surface area contributed by atoms with Crippen LogP contribution < -0.4 is 4.90 Å². The summed E-state index contributed by atoms with van der Waals surface area (Å²) in [6.45, 7) is 8.21. The first-order chi connectivity index (χ1) is 9.85. The van der Waals surface area contributed by atoms with Gasteiger partial charge in [0.25, 0.3) is 0 Å². The van der Waals surface area contributed by atoms with E-state index in [0.717, 1.165) is 30.3 Å². The molecule has 0 bridgehead atoms. The SMILES string of the molecule is CCC(C)c1nc(N2CC(C)C(N(C)C)C2)sc1C(=O)O. The molecule has 1 saturated heterocycles. The molecule has 1 aliphatic rings. The Kier molecular flexibility index (Phi) is 4.88. The minimum Gasteiger partial charge on any atom is -0.477 e. The molecule has 1 aromatic rings. The van der Waals surface area contributed by atoms with Crippen molar-refractivity contribution in [2.45, 2.75) is 39.2 Å². The zero-order valence-electron chi connectivity index (χ0n) is 13.5. The molecule has 3 atom stereocenters. The normalized spacial score (nSPS) is 23.8. The molecule has 1 aliphatic heterocycles. The maximum atomic E-state index is 11.5. The van der Waals surface area contributed by atoms with Crippen LogP contribution in [-0.2, 0) is 0 Å². The van der Waals surface area contributed by atoms with E-state index in [-0.39, 0.29) is 5.92 Å². The van der Waals surface area contributed by atoms with Crippen molar-refractivity contribution in [2.75, 3.05) is 32.1 Å². The molecule has 0 amide bonds. The van der Waals surface area contributed by atoms with Crippen molar-refractivity contribution in [2.24, 2.45) is 5.92 Å². The second kappa shape index (κ2) is 6.32. The molecule has 5 nitrogen and oxygen atoms in total. The van der Waals surface area contributed by atoms with Crippen LogP contribution in [0.5, 0.6) is 0 Å². The molecule has 0 spiro atoms. The van der Waals surface area contributed by atoms with Gasteiger partial charge < -0.3 is 14.9 Å². The number of anilines is 1. The summed E-state index contributed by atoms with van der Waals surface area (Å²) in [6, 6.07) is 0.495. The average Bonchev–Trinajstić information content (AvgIpc) is 3.01. The Labute approximate surface area is 130 Å². The van der Waals surface area contributed by atoms with E-state index in [1.165, 1.54) is 11.3 Å². The highest BCUT2D eigenvalue weighted by molar-refractivity contribution is 7.17. The Morgan fingerprint density at radius 3 is 2.67 bits per heavy atom. The van der Waals surface area contributed by atoms with E-state index >= 15 is 0 Å². The Morgan fingerprint density at radius 2 is 2.19 bits per heavy atom. The van der Waals surface area contributed by atoms with E-state index < -0.39 is 5.97 Å². The Hall–Kier alpha value is -1.14. The molecule has 0 aliphatic carbocycles. The van der Waals surface area contributed by atoms with Gasteiger partial charge in [-0.2, -0.15) is 0 Å². The first kappa shape index (κ1) is 16.2. The topological polar surface area (TPSA) is 56.7 Å². The number of carboxylic acids is 1. The minimum absolute atomic E-state index is 0.186. The summed E-state index contributed by atoms with van der Waals surface area (Å²) in [5.74, 6) is -0.111. The van der Waals surface area contributed by atoms with Gasteiger partial charge in [0, 0.05) is 19.1 Å². The smallest absolute Gasteiger partial charge is 0.347 e. The van der Waals surface area contributed by atoms with Crippen LogP contribution in [0.25, 0.3) is 0 Å². The zero-order chi connectivity index (χ0) is 15.7. The number of hydrogen-bond donors (Lipinski definition) is 1. The van der Waals surface area contributed by atoms with Gasteiger partial charge in [0.1, 0.15) is 4.88 Å². The van der Waals surface area contributed by atoms with E-state index in [0.29, 0.717) is 16.8 Å². The van der Waals surface area contributed by atoms with Crippen LogP contribution in [0.2, 0.25) is 0 Å². The molecule has 118 valence electrons. The van der Waals surface area contributed by atoms with Crippen molar-refractivity contribution in [3.05, 3.63) is 10.6 Å². The van der Waals surface area contributed by atoms with Crippen molar-refractivity contribution in [3.8, 4) is 0 Å². The van der Waals surface area contributed by atoms with Crippen LogP contribution >= 0.6 is 11.3 Å². The molecule has 0 radical (unpaired) electrons. The summed E-state index contributed by atoms with van der Waals surface area (Å²) >= 11 is 1.32. The van der Waals surface area contributed by atoms with Gasteiger partial charge in [-0.15, -0.1) is 0 Å². The van der Waals surface area contributed by atoms with Gasteiger partial charge in [-0.3, -0.25) is 0 Å². The number of carboxylic acid groups (broad SMARTS) is 1. The van der Waals surface area contributed by atoms with Crippen LogP contribution in [-0.4, -0.2) is 54.2 Å². The molecule has 1 N–H and O–H groups in total. The summed E-state index contributed by atoms with van der Waals surface area (Å²) < 4.78 is 0. The first-order valence-corrected chi connectivity index (χ1v) is 8.32. The number of likely N-dealkylation sites (N-methyl/N-ethyl adjacent to an activating group) is 1.